The zero-order chi connectivity index (χ0) is 5.70. The Morgan fingerprint density at radius 2 is 2.29 bits per heavy atom. The van der Waals surface area contributed by atoms with Crippen molar-refractivity contribution in [3.05, 3.63) is 12.2 Å². The minimum absolute atomic E-state index is 0.399. The van der Waals surface area contributed by atoms with Crippen LogP contribution in [-0.2, 0) is 0 Å². The van der Waals surface area contributed by atoms with E-state index in [2.05, 4.69) is 6.08 Å². The first kappa shape index (κ1) is 7.09. The van der Waals surface area contributed by atoms with E-state index in [1.807, 2.05) is 19.9 Å². The van der Waals surface area contributed by atoms with Crippen LogP contribution in [-0.4, -0.2) is 5.25 Å². The molecule has 0 rings (SSSR count). The summed E-state index contributed by atoms with van der Waals surface area (Å²) < 4.78 is 0. The second-order valence-corrected chi connectivity index (χ2v) is 2.42. The minimum atomic E-state index is 0.399. The van der Waals surface area contributed by atoms with Crippen molar-refractivity contribution in [2.45, 2.75) is 25.5 Å². The second kappa shape index (κ2) is 4.25. The van der Waals surface area contributed by atoms with Crippen LogP contribution >= 0.6 is 12.6 Å². The largest absolute Gasteiger partial charge is 0.0916 e. The summed E-state index contributed by atoms with van der Waals surface area (Å²) in [7, 11) is 0. The molecule has 0 aliphatic rings. The molecule has 0 spiro atoms. The maximum absolute atomic E-state index is 4.89. The standard InChI is InChI=1S/C6H11S/c1-3-4-5-6(2)7/h3-4,6H,5H2,1-2H3/b4-3+. The third-order valence-corrected chi connectivity index (χ3v) is 0.896. The summed E-state index contributed by atoms with van der Waals surface area (Å²) in [4.78, 5) is 0. The molecule has 0 saturated heterocycles. The molecule has 0 N–H and O–H groups in total. The number of rotatable bonds is 2. The first-order valence-electron chi connectivity index (χ1n) is 2.54. The summed E-state index contributed by atoms with van der Waals surface area (Å²) >= 11 is 4.89. The monoisotopic (exact) mass is 115 g/mol. The van der Waals surface area contributed by atoms with E-state index in [1.165, 1.54) is 0 Å². The SMILES string of the molecule is C/C=C/CC(C)[S]. The van der Waals surface area contributed by atoms with E-state index < -0.39 is 0 Å². The highest BCUT2D eigenvalue weighted by molar-refractivity contribution is 7.80. The Kier molecular flexibility index (Phi) is 4.31. The smallest absolute Gasteiger partial charge is 0.0157 e. The van der Waals surface area contributed by atoms with Gasteiger partial charge in [0.05, 0.1) is 0 Å². The Balaban J connectivity index is 2.97. The van der Waals surface area contributed by atoms with E-state index in [1.54, 1.807) is 0 Å². The molecule has 0 aromatic rings. The van der Waals surface area contributed by atoms with Crippen molar-refractivity contribution in [3.8, 4) is 0 Å². The second-order valence-electron chi connectivity index (χ2n) is 1.62. The average molecular weight is 115 g/mol. The minimum Gasteiger partial charge on any atom is -0.0916 e. The predicted molar refractivity (Wildman–Crippen MR) is 36.5 cm³/mol. The Morgan fingerprint density at radius 1 is 1.71 bits per heavy atom. The van der Waals surface area contributed by atoms with Gasteiger partial charge in [0.25, 0.3) is 0 Å². The van der Waals surface area contributed by atoms with E-state index in [0.29, 0.717) is 5.25 Å². The van der Waals surface area contributed by atoms with Crippen molar-refractivity contribution in [2.24, 2.45) is 0 Å². The van der Waals surface area contributed by atoms with Gasteiger partial charge in [0.2, 0.25) is 0 Å². The van der Waals surface area contributed by atoms with Crippen LogP contribution in [0.2, 0.25) is 0 Å². The van der Waals surface area contributed by atoms with Crippen LogP contribution in [0.15, 0.2) is 12.2 Å². The lowest BCUT2D eigenvalue weighted by Gasteiger charge is -1.91. The lowest BCUT2D eigenvalue weighted by Crippen LogP contribution is -1.84. The Hall–Kier alpha value is 0.0900. The molecule has 0 aromatic carbocycles. The summed E-state index contributed by atoms with van der Waals surface area (Å²) in [5.41, 5.74) is 0. The van der Waals surface area contributed by atoms with Crippen molar-refractivity contribution in [1.29, 1.82) is 0 Å². The molecular weight excluding hydrogens is 104 g/mol. The molecule has 0 aliphatic heterocycles. The van der Waals surface area contributed by atoms with Crippen molar-refractivity contribution < 1.29 is 0 Å². The van der Waals surface area contributed by atoms with E-state index >= 15 is 0 Å². The molecule has 7 heavy (non-hydrogen) atoms. The van der Waals surface area contributed by atoms with Gasteiger partial charge in [-0.15, -0.1) is 0 Å². The Bertz CT molecular complexity index is 55.2. The molecular formula is C6H11S. The fraction of sp³-hybridized carbons (Fsp3) is 0.667. The zero-order valence-corrected chi connectivity index (χ0v) is 5.66. The quantitative estimate of drug-likeness (QED) is 0.485. The van der Waals surface area contributed by atoms with Gasteiger partial charge < -0.3 is 0 Å². The van der Waals surface area contributed by atoms with Crippen molar-refractivity contribution >= 4 is 12.6 Å². The van der Waals surface area contributed by atoms with Gasteiger partial charge in [0, 0.05) is 5.25 Å². The van der Waals surface area contributed by atoms with E-state index in [-0.39, 0.29) is 0 Å². The van der Waals surface area contributed by atoms with Crippen LogP contribution in [0.5, 0.6) is 0 Å². The molecule has 0 nitrogen and oxygen atoms in total. The van der Waals surface area contributed by atoms with Gasteiger partial charge in [-0.1, -0.05) is 31.7 Å². The first-order chi connectivity index (χ1) is 3.27. The molecule has 1 unspecified atom stereocenters. The Morgan fingerprint density at radius 3 is 2.43 bits per heavy atom. The summed E-state index contributed by atoms with van der Waals surface area (Å²) in [6, 6.07) is 0. The van der Waals surface area contributed by atoms with Crippen LogP contribution in [0.4, 0.5) is 0 Å². The molecule has 1 heteroatoms. The molecule has 1 atom stereocenters. The van der Waals surface area contributed by atoms with Crippen LogP contribution in [0, 0.1) is 0 Å². The van der Waals surface area contributed by atoms with Crippen molar-refractivity contribution in [1.82, 2.24) is 0 Å². The summed E-state index contributed by atoms with van der Waals surface area (Å²) in [5.74, 6) is 0. The van der Waals surface area contributed by atoms with Crippen molar-refractivity contribution in [3.63, 3.8) is 0 Å². The van der Waals surface area contributed by atoms with E-state index in [4.69, 9.17) is 12.6 Å². The summed E-state index contributed by atoms with van der Waals surface area (Å²) in [6.45, 7) is 4.05. The summed E-state index contributed by atoms with van der Waals surface area (Å²) in [5, 5.41) is 0.399. The highest BCUT2D eigenvalue weighted by Crippen LogP contribution is 1.98. The molecule has 0 fully saturated rings. The Labute approximate surface area is 51.0 Å². The molecule has 0 amide bonds. The molecule has 0 aromatic heterocycles. The molecule has 0 saturated carbocycles. The van der Waals surface area contributed by atoms with Crippen LogP contribution in [0.3, 0.4) is 0 Å². The normalized spacial score (nSPS) is 15.3. The number of hydrogen-bond acceptors (Lipinski definition) is 0. The van der Waals surface area contributed by atoms with Crippen LogP contribution in [0.25, 0.3) is 0 Å². The van der Waals surface area contributed by atoms with E-state index in [9.17, 15) is 0 Å². The van der Waals surface area contributed by atoms with Gasteiger partial charge >= 0.3 is 0 Å². The number of allylic oxidation sites excluding steroid dienone is 2. The lowest BCUT2D eigenvalue weighted by atomic mass is 10.3. The van der Waals surface area contributed by atoms with Gasteiger partial charge in [-0.05, 0) is 13.3 Å². The van der Waals surface area contributed by atoms with Gasteiger partial charge in [0.1, 0.15) is 0 Å². The maximum atomic E-state index is 4.89. The molecule has 1 radical (unpaired) electrons. The van der Waals surface area contributed by atoms with E-state index in [0.717, 1.165) is 6.42 Å². The fourth-order valence-electron chi connectivity index (χ4n) is 0.328. The third-order valence-electron chi connectivity index (χ3n) is 0.704. The van der Waals surface area contributed by atoms with Crippen LogP contribution in [0.1, 0.15) is 20.3 Å². The summed E-state index contributed by atoms with van der Waals surface area (Å²) in [6.07, 6.45) is 5.16. The fourth-order valence-corrected chi connectivity index (χ4v) is 0.439. The number of hydrogen-bond donors (Lipinski definition) is 0. The maximum Gasteiger partial charge on any atom is 0.0157 e. The highest BCUT2D eigenvalue weighted by atomic mass is 32.1. The van der Waals surface area contributed by atoms with Gasteiger partial charge in [0.15, 0.2) is 0 Å². The lowest BCUT2D eigenvalue weighted by molar-refractivity contribution is 0.988. The highest BCUT2D eigenvalue weighted by Gasteiger charge is 1.86. The average Bonchev–Trinajstić information content (AvgIpc) is 1.61. The molecule has 0 heterocycles. The topological polar surface area (TPSA) is 0 Å². The predicted octanol–water partition coefficient (Wildman–Crippen LogP) is 2.54. The van der Waals surface area contributed by atoms with Gasteiger partial charge in [-0.2, -0.15) is 0 Å². The molecule has 41 valence electrons. The van der Waals surface area contributed by atoms with Crippen LogP contribution < -0.4 is 0 Å². The molecule has 0 bridgehead atoms. The van der Waals surface area contributed by atoms with Gasteiger partial charge in [-0.3, -0.25) is 0 Å². The third kappa shape index (κ3) is 6.09. The van der Waals surface area contributed by atoms with Crippen molar-refractivity contribution in [2.75, 3.05) is 0 Å². The first-order valence-corrected chi connectivity index (χ1v) is 3.01. The zero-order valence-electron chi connectivity index (χ0n) is 4.85. The molecule has 0 aliphatic carbocycles. The van der Waals surface area contributed by atoms with Gasteiger partial charge in [-0.25, -0.2) is 0 Å².